The molecule has 1 amide bonds. The van der Waals surface area contributed by atoms with Crippen molar-refractivity contribution < 1.29 is 4.79 Å². The molecule has 0 saturated heterocycles. The van der Waals surface area contributed by atoms with Crippen molar-refractivity contribution >= 4 is 34.3 Å². The van der Waals surface area contributed by atoms with Crippen LogP contribution in [0.3, 0.4) is 0 Å². The maximum atomic E-state index is 12.9. The van der Waals surface area contributed by atoms with Crippen molar-refractivity contribution in [2.75, 3.05) is 18.4 Å². The number of hydrogen-bond acceptors (Lipinski definition) is 4. The summed E-state index contributed by atoms with van der Waals surface area (Å²) < 4.78 is 0. The van der Waals surface area contributed by atoms with Gasteiger partial charge in [-0.05, 0) is 52.4 Å². The summed E-state index contributed by atoms with van der Waals surface area (Å²) in [5.74, 6) is 0.437. The van der Waals surface area contributed by atoms with Gasteiger partial charge in [0.2, 0.25) is 5.91 Å². The topological polar surface area (TPSA) is 32.3 Å². The van der Waals surface area contributed by atoms with Gasteiger partial charge in [-0.2, -0.15) is 0 Å². The lowest BCUT2D eigenvalue weighted by molar-refractivity contribution is -0.117. The molecule has 4 rings (SSSR count). The zero-order valence-electron chi connectivity index (χ0n) is 15.6. The van der Waals surface area contributed by atoms with Gasteiger partial charge in [-0.1, -0.05) is 38.1 Å². The Morgan fingerprint density at radius 1 is 1.15 bits per heavy atom. The first-order valence-electron chi connectivity index (χ1n) is 9.36. The molecule has 1 aliphatic heterocycles. The molecule has 0 spiro atoms. The Labute approximate surface area is 168 Å². The fourth-order valence-corrected chi connectivity index (χ4v) is 5.59. The molecular weight excluding hydrogens is 372 g/mol. The first kappa shape index (κ1) is 18.4. The lowest BCUT2D eigenvalue weighted by atomic mass is 9.98. The normalized spacial score (nSPS) is 17.1. The molecule has 0 bridgehead atoms. The monoisotopic (exact) mass is 396 g/mol. The first-order valence-corrected chi connectivity index (χ1v) is 11.1. The minimum absolute atomic E-state index is 0.0586. The zero-order chi connectivity index (χ0) is 18.8. The fourth-order valence-electron chi connectivity index (χ4n) is 3.81. The van der Waals surface area contributed by atoms with E-state index in [2.05, 4.69) is 59.1 Å². The van der Waals surface area contributed by atoms with Crippen LogP contribution in [-0.4, -0.2) is 23.9 Å². The van der Waals surface area contributed by atoms with E-state index in [1.54, 1.807) is 11.3 Å². The molecule has 0 unspecified atom stereocenters. The smallest absolute Gasteiger partial charge is 0.238 e. The number of para-hydroxylation sites is 1. The van der Waals surface area contributed by atoms with Crippen LogP contribution < -0.4 is 5.32 Å². The third kappa shape index (κ3) is 3.86. The van der Waals surface area contributed by atoms with Gasteiger partial charge in [0.15, 0.2) is 0 Å². The Morgan fingerprint density at radius 3 is 2.78 bits per heavy atom. The van der Waals surface area contributed by atoms with E-state index in [1.807, 2.05) is 29.5 Å². The standard InChI is InChI=1S/C22H24N2OS2/c1-15(2)16-6-3-4-7-18(16)23-21(25)14-24-11-9-19-17(10-13-27-19)22(24)20-8-5-12-26-20/h3-8,10,12-13,15,22H,9,11,14H2,1-2H3,(H,23,25)/t22-/m0/s1. The van der Waals surface area contributed by atoms with Crippen LogP contribution in [0.2, 0.25) is 0 Å². The minimum atomic E-state index is 0.0586. The van der Waals surface area contributed by atoms with Crippen LogP contribution in [0.25, 0.3) is 0 Å². The predicted octanol–water partition coefficient (Wildman–Crippen LogP) is 5.52. The second-order valence-corrected chi connectivity index (χ2v) is 9.21. The fraction of sp³-hybridized carbons (Fsp3) is 0.318. The third-order valence-corrected chi connectivity index (χ3v) is 7.00. The summed E-state index contributed by atoms with van der Waals surface area (Å²) in [5, 5.41) is 7.44. The molecule has 5 heteroatoms. The second-order valence-electron chi connectivity index (χ2n) is 7.23. The van der Waals surface area contributed by atoms with Crippen molar-refractivity contribution in [2.45, 2.75) is 32.2 Å². The van der Waals surface area contributed by atoms with Crippen molar-refractivity contribution in [3.05, 3.63) is 74.1 Å². The van der Waals surface area contributed by atoms with Crippen molar-refractivity contribution in [1.82, 2.24) is 4.90 Å². The van der Waals surface area contributed by atoms with Gasteiger partial charge >= 0.3 is 0 Å². The van der Waals surface area contributed by atoms with Crippen LogP contribution in [-0.2, 0) is 11.2 Å². The number of anilines is 1. The van der Waals surface area contributed by atoms with Crippen LogP contribution in [0, 0.1) is 0 Å². The van der Waals surface area contributed by atoms with E-state index in [0.717, 1.165) is 18.7 Å². The van der Waals surface area contributed by atoms with Crippen LogP contribution in [0.5, 0.6) is 0 Å². The zero-order valence-corrected chi connectivity index (χ0v) is 17.3. The molecule has 1 atom stereocenters. The van der Waals surface area contributed by atoms with Gasteiger partial charge in [0.1, 0.15) is 0 Å². The Bertz CT molecular complexity index is 914. The average Bonchev–Trinajstić information content (AvgIpc) is 3.33. The number of benzene rings is 1. The van der Waals surface area contributed by atoms with Crippen molar-refractivity contribution in [3.63, 3.8) is 0 Å². The van der Waals surface area contributed by atoms with Gasteiger partial charge in [0.05, 0.1) is 12.6 Å². The summed E-state index contributed by atoms with van der Waals surface area (Å²) in [6.45, 7) is 5.63. The predicted molar refractivity (Wildman–Crippen MR) is 115 cm³/mol. The largest absolute Gasteiger partial charge is 0.325 e. The van der Waals surface area contributed by atoms with Gasteiger partial charge in [-0.25, -0.2) is 0 Å². The van der Waals surface area contributed by atoms with E-state index < -0.39 is 0 Å². The number of carbonyl (C=O) groups is 1. The van der Waals surface area contributed by atoms with Crippen LogP contribution >= 0.6 is 22.7 Å². The van der Waals surface area contributed by atoms with Crippen molar-refractivity contribution in [1.29, 1.82) is 0 Å². The number of nitrogens with zero attached hydrogens (tertiary/aromatic N) is 1. The minimum Gasteiger partial charge on any atom is -0.325 e. The van der Waals surface area contributed by atoms with E-state index in [4.69, 9.17) is 0 Å². The van der Waals surface area contributed by atoms with Gasteiger partial charge in [-0.3, -0.25) is 9.69 Å². The Hall–Kier alpha value is -1.95. The molecule has 0 radical (unpaired) electrons. The molecule has 3 heterocycles. The van der Waals surface area contributed by atoms with E-state index >= 15 is 0 Å². The van der Waals surface area contributed by atoms with Gasteiger partial charge in [-0.15, -0.1) is 22.7 Å². The highest BCUT2D eigenvalue weighted by molar-refractivity contribution is 7.10. The van der Waals surface area contributed by atoms with Gasteiger partial charge in [0.25, 0.3) is 0 Å². The Morgan fingerprint density at radius 2 is 2.00 bits per heavy atom. The van der Waals surface area contributed by atoms with Crippen LogP contribution in [0.1, 0.15) is 46.7 Å². The van der Waals surface area contributed by atoms with Crippen molar-refractivity contribution in [3.8, 4) is 0 Å². The van der Waals surface area contributed by atoms with E-state index in [-0.39, 0.29) is 11.9 Å². The van der Waals surface area contributed by atoms with E-state index in [9.17, 15) is 4.79 Å². The summed E-state index contributed by atoms with van der Waals surface area (Å²) in [5.41, 5.74) is 3.47. The molecule has 1 N–H and O–H groups in total. The summed E-state index contributed by atoms with van der Waals surface area (Å²) >= 11 is 3.60. The summed E-state index contributed by atoms with van der Waals surface area (Å²) in [6.07, 6.45) is 1.02. The quantitative estimate of drug-likeness (QED) is 0.616. The lowest BCUT2D eigenvalue weighted by Crippen LogP contribution is -2.40. The Balaban J connectivity index is 1.54. The molecule has 140 valence electrons. The number of amides is 1. The Kier molecular flexibility index (Phi) is 5.43. The molecule has 27 heavy (non-hydrogen) atoms. The average molecular weight is 397 g/mol. The number of fused-ring (bicyclic) bond motifs is 1. The molecule has 3 nitrogen and oxygen atoms in total. The number of hydrogen-bond donors (Lipinski definition) is 1. The van der Waals surface area contributed by atoms with Crippen molar-refractivity contribution in [2.24, 2.45) is 0 Å². The SMILES string of the molecule is CC(C)c1ccccc1NC(=O)CN1CCc2sccc2[C@H]1c1cccs1. The molecular formula is C22H24N2OS2. The van der Waals surface area contributed by atoms with Crippen LogP contribution in [0.4, 0.5) is 5.69 Å². The molecule has 0 fully saturated rings. The number of thiophene rings is 2. The maximum Gasteiger partial charge on any atom is 0.238 e. The second kappa shape index (κ2) is 7.97. The highest BCUT2D eigenvalue weighted by Crippen LogP contribution is 2.39. The number of carbonyl (C=O) groups excluding carboxylic acids is 1. The molecule has 1 aromatic carbocycles. The molecule has 0 saturated carbocycles. The highest BCUT2D eigenvalue weighted by Gasteiger charge is 2.31. The van der Waals surface area contributed by atoms with Gasteiger partial charge < -0.3 is 5.32 Å². The van der Waals surface area contributed by atoms with E-state index in [0.29, 0.717) is 12.5 Å². The van der Waals surface area contributed by atoms with Crippen LogP contribution in [0.15, 0.2) is 53.2 Å². The molecule has 0 aliphatic carbocycles. The number of nitrogens with one attached hydrogen (secondary N) is 1. The summed E-state index contributed by atoms with van der Waals surface area (Å²) in [7, 11) is 0. The summed E-state index contributed by atoms with van der Waals surface area (Å²) in [6, 6.07) is 14.8. The van der Waals surface area contributed by atoms with Gasteiger partial charge in [0, 0.05) is 22.0 Å². The lowest BCUT2D eigenvalue weighted by Gasteiger charge is -2.35. The molecule has 1 aliphatic rings. The van der Waals surface area contributed by atoms with E-state index in [1.165, 1.54) is 20.9 Å². The maximum absolute atomic E-state index is 12.9. The highest BCUT2D eigenvalue weighted by atomic mass is 32.1. The third-order valence-electron chi connectivity index (χ3n) is 5.08. The summed E-state index contributed by atoms with van der Waals surface area (Å²) in [4.78, 5) is 18.0. The molecule has 3 aromatic rings. The number of rotatable bonds is 5. The molecule has 2 aromatic heterocycles. The first-order chi connectivity index (χ1) is 13.1.